The van der Waals surface area contributed by atoms with Gasteiger partial charge in [0.2, 0.25) is 0 Å². The monoisotopic (exact) mass is 321 g/mol. The molecule has 0 bridgehead atoms. The van der Waals surface area contributed by atoms with E-state index in [9.17, 15) is 0 Å². The largest absolute Gasteiger partial charge is 0.337 e. The van der Waals surface area contributed by atoms with Crippen LogP contribution in [-0.4, -0.2) is 31.0 Å². The lowest BCUT2D eigenvalue weighted by Gasteiger charge is -2.22. The van der Waals surface area contributed by atoms with Crippen LogP contribution in [0.2, 0.25) is 0 Å². The van der Waals surface area contributed by atoms with E-state index < -0.39 is 0 Å². The number of rotatable bonds is 8. The lowest BCUT2D eigenvalue weighted by molar-refractivity contribution is 0.245. The lowest BCUT2D eigenvalue weighted by Crippen LogP contribution is -2.25. The van der Waals surface area contributed by atoms with Crippen LogP contribution in [0.25, 0.3) is 0 Å². The molecule has 3 aromatic heterocycles. The highest BCUT2D eigenvalue weighted by atomic mass is 15.1. The van der Waals surface area contributed by atoms with Gasteiger partial charge in [-0.15, -0.1) is 0 Å². The van der Waals surface area contributed by atoms with E-state index in [1.807, 2.05) is 44.1 Å². The summed E-state index contributed by atoms with van der Waals surface area (Å²) in [6.07, 6.45) is 10.5. The lowest BCUT2D eigenvalue weighted by atomic mass is 10.2. The van der Waals surface area contributed by atoms with Gasteiger partial charge in [0.1, 0.15) is 0 Å². The first-order valence-electron chi connectivity index (χ1n) is 8.29. The Morgan fingerprint density at radius 1 is 1.00 bits per heavy atom. The van der Waals surface area contributed by atoms with Crippen LogP contribution in [0.5, 0.6) is 0 Å². The van der Waals surface area contributed by atoms with Gasteiger partial charge in [0.15, 0.2) is 0 Å². The van der Waals surface area contributed by atoms with Gasteiger partial charge in [0.25, 0.3) is 0 Å². The minimum Gasteiger partial charge on any atom is -0.337 e. The van der Waals surface area contributed by atoms with Crippen molar-refractivity contribution in [3.8, 4) is 0 Å². The smallest absolute Gasteiger partial charge is 0.0945 e. The molecule has 5 nitrogen and oxygen atoms in total. The molecule has 0 unspecified atom stereocenters. The Labute approximate surface area is 143 Å². The van der Waals surface area contributed by atoms with Crippen molar-refractivity contribution in [3.05, 3.63) is 78.4 Å². The summed E-state index contributed by atoms with van der Waals surface area (Å²) in [5.41, 5.74) is 3.46. The van der Waals surface area contributed by atoms with Gasteiger partial charge in [-0.2, -0.15) is 0 Å². The number of pyridine rings is 2. The second-order valence-electron chi connectivity index (χ2n) is 5.99. The molecular formula is C19H23N5. The molecule has 0 saturated carbocycles. The second kappa shape index (κ2) is 8.36. The van der Waals surface area contributed by atoms with Crippen LogP contribution in [0.3, 0.4) is 0 Å². The maximum atomic E-state index is 4.64. The number of hydrogen-bond acceptors (Lipinski definition) is 4. The minimum atomic E-state index is 0.855. The Morgan fingerprint density at radius 2 is 1.88 bits per heavy atom. The molecule has 0 saturated heterocycles. The van der Waals surface area contributed by atoms with Crippen molar-refractivity contribution in [2.24, 2.45) is 0 Å². The first kappa shape index (κ1) is 16.3. The average Bonchev–Trinajstić information content (AvgIpc) is 3.09. The fraction of sp³-hybridized carbons (Fsp3) is 0.316. The van der Waals surface area contributed by atoms with E-state index in [0.29, 0.717) is 0 Å². The molecule has 0 fully saturated rings. The van der Waals surface area contributed by atoms with Crippen LogP contribution in [0.1, 0.15) is 23.4 Å². The topological polar surface area (TPSA) is 46.8 Å². The summed E-state index contributed by atoms with van der Waals surface area (Å²) in [6.45, 7) is 5.79. The summed E-state index contributed by atoms with van der Waals surface area (Å²) in [6, 6.07) is 10.4. The van der Waals surface area contributed by atoms with Crippen LogP contribution in [0, 0.1) is 6.92 Å². The first-order chi connectivity index (χ1) is 11.8. The highest BCUT2D eigenvalue weighted by Crippen LogP contribution is 2.10. The third kappa shape index (κ3) is 4.99. The van der Waals surface area contributed by atoms with Crippen LogP contribution in [0.15, 0.2) is 61.4 Å². The van der Waals surface area contributed by atoms with Gasteiger partial charge in [-0.25, -0.2) is 4.98 Å². The Hall–Kier alpha value is -2.53. The highest BCUT2D eigenvalue weighted by molar-refractivity contribution is 5.12. The van der Waals surface area contributed by atoms with Crippen molar-refractivity contribution >= 4 is 0 Å². The van der Waals surface area contributed by atoms with Crippen molar-refractivity contribution in [1.82, 2.24) is 24.4 Å². The molecule has 0 aromatic carbocycles. The molecule has 0 atom stereocenters. The number of aromatic nitrogens is 4. The van der Waals surface area contributed by atoms with Gasteiger partial charge in [-0.3, -0.25) is 14.9 Å². The summed E-state index contributed by atoms with van der Waals surface area (Å²) in [7, 11) is 0. The Kier molecular flexibility index (Phi) is 5.69. The third-order valence-electron chi connectivity index (χ3n) is 3.94. The predicted octanol–water partition coefficient (Wildman–Crippen LogP) is 3.07. The van der Waals surface area contributed by atoms with E-state index in [-0.39, 0.29) is 0 Å². The van der Waals surface area contributed by atoms with E-state index in [2.05, 4.69) is 48.7 Å². The summed E-state index contributed by atoms with van der Waals surface area (Å²) >= 11 is 0. The number of nitrogens with zero attached hydrogens (tertiary/aromatic N) is 5. The van der Waals surface area contributed by atoms with E-state index in [0.717, 1.165) is 44.0 Å². The molecule has 0 aliphatic carbocycles. The van der Waals surface area contributed by atoms with Gasteiger partial charge < -0.3 is 4.57 Å². The molecular weight excluding hydrogens is 298 g/mol. The summed E-state index contributed by atoms with van der Waals surface area (Å²) in [5.74, 6) is 0. The molecule has 0 aliphatic rings. The molecule has 3 aromatic rings. The molecule has 5 heteroatoms. The zero-order valence-electron chi connectivity index (χ0n) is 14.0. The summed E-state index contributed by atoms with van der Waals surface area (Å²) < 4.78 is 2.12. The molecule has 0 N–H and O–H groups in total. The van der Waals surface area contributed by atoms with Crippen molar-refractivity contribution in [2.75, 3.05) is 6.54 Å². The molecule has 124 valence electrons. The van der Waals surface area contributed by atoms with Gasteiger partial charge in [0, 0.05) is 56.7 Å². The second-order valence-corrected chi connectivity index (χ2v) is 5.99. The number of aryl methyl sites for hydroxylation is 2. The predicted molar refractivity (Wildman–Crippen MR) is 94.2 cm³/mol. The molecule has 0 amide bonds. The van der Waals surface area contributed by atoms with E-state index in [4.69, 9.17) is 0 Å². The van der Waals surface area contributed by atoms with Crippen LogP contribution in [0.4, 0.5) is 0 Å². The Bertz CT molecular complexity index is 725. The maximum absolute atomic E-state index is 4.64. The zero-order valence-corrected chi connectivity index (χ0v) is 14.0. The Balaban J connectivity index is 1.63. The molecule has 3 heterocycles. The third-order valence-corrected chi connectivity index (χ3v) is 3.94. The van der Waals surface area contributed by atoms with Crippen molar-refractivity contribution < 1.29 is 0 Å². The highest BCUT2D eigenvalue weighted by Gasteiger charge is 2.08. The van der Waals surface area contributed by atoms with Crippen LogP contribution in [-0.2, 0) is 19.6 Å². The van der Waals surface area contributed by atoms with Gasteiger partial charge in [0.05, 0.1) is 12.0 Å². The Morgan fingerprint density at radius 3 is 2.62 bits per heavy atom. The average molecular weight is 321 g/mol. The molecule has 0 aliphatic heterocycles. The quantitative estimate of drug-likeness (QED) is 0.640. The van der Waals surface area contributed by atoms with Crippen molar-refractivity contribution in [3.63, 3.8) is 0 Å². The molecule has 3 rings (SSSR count). The number of imidazole rings is 1. The zero-order chi connectivity index (χ0) is 16.6. The molecule has 24 heavy (non-hydrogen) atoms. The van der Waals surface area contributed by atoms with Crippen molar-refractivity contribution in [2.45, 2.75) is 33.0 Å². The van der Waals surface area contributed by atoms with E-state index in [1.165, 1.54) is 5.56 Å². The molecule has 0 radical (unpaired) electrons. The summed E-state index contributed by atoms with van der Waals surface area (Å²) in [5, 5.41) is 0. The van der Waals surface area contributed by atoms with Crippen LogP contribution >= 0.6 is 0 Å². The maximum Gasteiger partial charge on any atom is 0.0945 e. The molecule has 0 spiro atoms. The standard InChI is InChI=1S/C19H23N5/c1-17-4-2-5-19(22-17)15-24(14-18-6-8-20-9-7-18)12-3-11-23-13-10-21-16-23/h2,4-10,13,16H,3,11-12,14-15H2,1H3. The first-order valence-corrected chi connectivity index (χ1v) is 8.29. The van der Waals surface area contributed by atoms with Gasteiger partial charge in [-0.1, -0.05) is 6.07 Å². The normalized spacial score (nSPS) is 11.1. The number of hydrogen-bond donors (Lipinski definition) is 0. The van der Waals surface area contributed by atoms with E-state index in [1.54, 1.807) is 0 Å². The minimum absolute atomic E-state index is 0.855. The van der Waals surface area contributed by atoms with Gasteiger partial charge >= 0.3 is 0 Å². The van der Waals surface area contributed by atoms with Gasteiger partial charge in [-0.05, 0) is 43.2 Å². The van der Waals surface area contributed by atoms with Crippen LogP contribution < -0.4 is 0 Å². The summed E-state index contributed by atoms with van der Waals surface area (Å²) in [4.78, 5) is 15.3. The fourth-order valence-corrected chi connectivity index (χ4v) is 2.77. The fourth-order valence-electron chi connectivity index (χ4n) is 2.77. The van der Waals surface area contributed by atoms with E-state index >= 15 is 0 Å². The SMILES string of the molecule is Cc1cccc(CN(CCCn2ccnc2)Cc2ccncc2)n1. The van der Waals surface area contributed by atoms with Crippen molar-refractivity contribution in [1.29, 1.82) is 0 Å².